The van der Waals surface area contributed by atoms with Crippen LogP contribution in [0.15, 0.2) is 23.1 Å². The van der Waals surface area contributed by atoms with Crippen molar-refractivity contribution in [3.63, 3.8) is 0 Å². The van der Waals surface area contributed by atoms with Crippen molar-refractivity contribution in [1.82, 2.24) is 4.72 Å². The number of nitrogens with one attached hydrogen (secondary N) is 2. The van der Waals surface area contributed by atoms with Gasteiger partial charge in [0.2, 0.25) is 10.0 Å². The second-order valence-corrected chi connectivity index (χ2v) is 6.14. The fraction of sp³-hybridized carbons (Fsp3) is 0.500. The monoisotopic (exact) mass is 285 g/mol. The Morgan fingerprint density at radius 3 is 3.00 bits per heavy atom. The van der Waals surface area contributed by atoms with Crippen molar-refractivity contribution in [2.24, 2.45) is 5.73 Å². The number of fused-ring (bicyclic) bond motifs is 1. The van der Waals surface area contributed by atoms with E-state index in [1.807, 2.05) is 6.92 Å². The molecule has 1 atom stereocenters. The third-order valence-corrected chi connectivity index (χ3v) is 4.43. The van der Waals surface area contributed by atoms with Crippen molar-refractivity contribution in [1.29, 1.82) is 0 Å². The third kappa shape index (κ3) is 3.17. The van der Waals surface area contributed by atoms with Gasteiger partial charge >= 0.3 is 0 Å². The molecule has 1 aliphatic heterocycles. The highest BCUT2D eigenvalue weighted by Gasteiger charge is 2.21. The Bertz CT molecular complexity index is 545. The smallest absolute Gasteiger partial charge is 0.240 e. The molecule has 2 rings (SSSR count). The van der Waals surface area contributed by atoms with Gasteiger partial charge in [-0.15, -0.1) is 0 Å². The fourth-order valence-electron chi connectivity index (χ4n) is 1.87. The number of rotatable bonds is 5. The molecule has 1 unspecified atom stereocenters. The maximum Gasteiger partial charge on any atom is 0.240 e. The van der Waals surface area contributed by atoms with Gasteiger partial charge in [-0.25, -0.2) is 13.1 Å². The second kappa shape index (κ2) is 5.77. The standard InChI is InChI=1S/C12H19N3O3S/c1-2-9-8-14-11-7-10(3-4-12(11)18-9)19(16,17)15-6-5-13/h3-4,7,9,14-15H,2,5-6,8,13H2,1H3. The zero-order valence-corrected chi connectivity index (χ0v) is 11.7. The molecule has 1 heterocycles. The van der Waals surface area contributed by atoms with E-state index in [0.29, 0.717) is 18.0 Å². The van der Waals surface area contributed by atoms with Gasteiger partial charge in [0.05, 0.1) is 17.1 Å². The van der Waals surface area contributed by atoms with E-state index in [1.54, 1.807) is 12.1 Å². The van der Waals surface area contributed by atoms with Crippen molar-refractivity contribution in [2.45, 2.75) is 24.3 Å². The first kappa shape index (κ1) is 14.1. The molecule has 0 saturated heterocycles. The van der Waals surface area contributed by atoms with Crippen LogP contribution in [0.4, 0.5) is 5.69 Å². The van der Waals surface area contributed by atoms with E-state index in [2.05, 4.69) is 10.0 Å². The van der Waals surface area contributed by atoms with Gasteiger partial charge in [0.1, 0.15) is 11.9 Å². The molecule has 0 saturated carbocycles. The predicted molar refractivity (Wildman–Crippen MR) is 73.9 cm³/mol. The molecule has 0 fully saturated rings. The van der Waals surface area contributed by atoms with Crippen LogP contribution >= 0.6 is 0 Å². The minimum Gasteiger partial charge on any atom is -0.486 e. The Kier molecular flexibility index (Phi) is 4.28. The van der Waals surface area contributed by atoms with Crippen molar-refractivity contribution in [2.75, 3.05) is 25.0 Å². The number of anilines is 1. The summed E-state index contributed by atoms with van der Waals surface area (Å²) >= 11 is 0. The maximum absolute atomic E-state index is 12.0. The summed E-state index contributed by atoms with van der Waals surface area (Å²) < 4.78 is 32.1. The normalized spacial score (nSPS) is 18.3. The first-order valence-electron chi connectivity index (χ1n) is 6.31. The van der Waals surface area contributed by atoms with E-state index in [-0.39, 0.29) is 24.1 Å². The highest BCUT2D eigenvalue weighted by molar-refractivity contribution is 7.89. The quantitative estimate of drug-likeness (QED) is 0.733. The van der Waals surface area contributed by atoms with Crippen molar-refractivity contribution in [3.05, 3.63) is 18.2 Å². The molecule has 1 aliphatic rings. The number of nitrogens with two attached hydrogens (primary N) is 1. The van der Waals surface area contributed by atoms with Crippen LogP contribution in [0.25, 0.3) is 0 Å². The summed E-state index contributed by atoms with van der Waals surface area (Å²) in [6, 6.07) is 4.80. The Hall–Kier alpha value is -1.31. The summed E-state index contributed by atoms with van der Waals surface area (Å²) in [7, 11) is -3.50. The number of sulfonamides is 1. The lowest BCUT2D eigenvalue weighted by Gasteiger charge is -2.26. The van der Waals surface area contributed by atoms with Crippen LogP contribution in [-0.2, 0) is 10.0 Å². The van der Waals surface area contributed by atoms with Gasteiger partial charge in [0.15, 0.2) is 0 Å². The molecule has 19 heavy (non-hydrogen) atoms. The highest BCUT2D eigenvalue weighted by Crippen LogP contribution is 2.31. The summed E-state index contributed by atoms with van der Waals surface area (Å²) in [6.07, 6.45) is 1.04. The average molecular weight is 285 g/mol. The molecule has 0 radical (unpaired) electrons. The molecule has 4 N–H and O–H groups in total. The van der Waals surface area contributed by atoms with E-state index < -0.39 is 10.0 Å². The summed E-state index contributed by atoms with van der Waals surface area (Å²) in [5.41, 5.74) is 6.00. The van der Waals surface area contributed by atoms with Gasteiger partial charge < -0.3 is 15.8 Å². The van der Waals surface area contributed by atoms with Crippen LogP contribution in [0.2, 0.25) is 0 Å². The first-order chi connectivity index (χ1) is 9.06. The largest absolute Gasteiger partial charge is 0.486 e. The fourth-order valence-corrected chi connectivity index (χ4v) is 2.94. The summed E-state index contributed by atoms with van der Waals surface area (Å²) in [6.45, 7) is 3.22. The molecule has 0 spiro atoms. The van der Waals surface area contributed by atoms with Crippen LogP contribution in [0.5, 0.6) is 5.75 Å². The number of benzene rings is 1. The van der Waals surface area contributed by atoms with Gasteiger partial charge in [-0.05, 0) is 24.6 Å². The summed E-state index contributed by atoms with van der Waals surface area (Å²) in [4.78, 5) is 0.214. The molecule has 6 nitrogen and oxygen atoms in total. The minimum atomic E-state index is -3.50. The van der Waals surface area contributed by atoms with Crippen LogP contribution in [0.3, 0.4) is 0 Å². The second-order valence-electron chi connectivity index (χ2n) is 4.37. The number of hydrogen-bond acceptors (Lipinski definition) is 5. The Morgan fingerprint density at radius 1 is 1.53 bits per heavy atom. The molecule has 0 aliphatic carbocycles. The van der Waals surface area contributed by atoms with Crippen LogP contribution in [0, 0.1) is 0 Å². The lowest BCUT2D eigenvalue weighted by atomic mass is 10.2. The van der Waals surface area contributed by atoms with Crippen molar-refractivity contribution in [3.8, 4) is 5.75 Å². The molecule has 1 aromatic carbocycles. The van der Waals surface area contributed by atoms with Crippen LogP contribution in [-0.4, -0.2) is 34.2 Å². The zero-order chi connectivity index (χ0) is 13.9. The van der Waals surface area contributed by atoms with Gasteiger partial charge in [0, 0.05) is 13.1 Å². The number of ether oxygens (including phenoxy) is 1. The lowest BCUT2D eigenvalue weighted by Crippen LogP contribution is -2.31. The Balaban J connectivity index is 2.22. The molecule has 106 valence electrons. The van der Waals surface area contributed by atoms with Crippen molar-refractivity contribution >= 4 is 15.7 Å². The summed E-state index contributed by atoms with van der Waals surface area (Å²) in [5, 5.41) is 3.19. The van der Waals surface area contributed by atoms with Crippen LogP contribution in [0.1, 0.15) is 13.3 Å². The minimum absolute atomic E-state index is 0.130. The topological polar surface area (TPSA) is 93.5 Å². The molecule has 1 aromatic rings. The predicted octanol–water partition coefficient (Wildman–Crippen LogP) is 0.507. The zero-order valence-electron chi connectivity index (χ0n) is 10.8. The molecule has 0 aromatic heterocycles. The van der Waals surface area contributed by atoms with Crippen LogP contribution < -0.4 is 20.5 Å². The molecule has 0 amide bonds. The third-order valence-electron chi connectivity index (χ3n) is 2.97. The maximum atomic E-state index is 12.0. The molecule has 0 bridgehead atoms. The van der Waals surface area contributed by atoms with Gasteiger partial charge in [-0.1, -0.05) is 6.92 Å². The molecular weight excluding hydrogens is 266 g/mol. The Morgan fingerprint density at radius 2 is 2.32 bits per heavy atom. The van der Waals surface area contributed by atoms with E-state index in [4.69, 9.17) is 10.5 Å². The SMILES string of the molecule is CCC1CNc2cc(S(=O)(=O)NCCN)ccc2O1. The van der Waals surface area contributed by atoms with Crippen molar-refractivity contribution < 1.29 is 13.2 Å². The molecular formula is C12H19N3O3S. The van der Waals surface area contributed by atoms with E-state index in [0.717, 1.165) is 6.42 Å². The van der Waals surface area contributed by atoms with E-state index >= 15 is 0 Å². The number of hydrogen-bond donors (Lipinski definition) is 3. The average Bonchev–Trinajstić information content (AvgIpc) is 2.44. The van der Waals surface area contributed by atoms with E-state index in [1.165, 1.54) is 6.07 Å². The van der Waals surface area contributed by atoms with Gasteiger partial charge in [-0.2, -0.15) is 0 Å². The first-order valence-corrected chi connectivity index (χ1v) is 7.79. The Labute approximate surface area is 113 Å². The summed E-state index contributed by atoms with van der Waals surface area (Å²) in [5.74, 6) is 0.691. The highest BCUT2D eigenvalue weighted by atomic mass is 32.2. The van der Waals surface area contributed by atoms with Gasteiger partial charge in [0.25, 0.3) is 0 Å². The molecule has 7 heteroatoms. The van der Waals surface area contributed by atoms with E-state index in [9.17, 15) is 8.42 Å². The lowest BCUT2D eigenvalue weighted by molar-refractivity contribution is 0.201. The van der Waals surface area contributed by atoms with Gasteiger partial charge in [-0.3, -0.25) is 0 Å².